The van der Waals surface area contributed by atoms with Gasteiger partial charge in [0.25, 0.3) is 0 Å². The summed E-state index contributed by atoms with van der Waals surface area (Å²) in [6, 6.07) is 6.30. The summed E-state index contributed by atoms with van der Waals surface area (Å²) in [7, 11) is 0. The molecule has 0 spiro atoms. The molecule has 14 heavy (non-hydrogen) atoms. The summed E-state index contributed by atoms with van der Waals surface area (Å²) in [4.78, 5) is 11.6. The number of carbonyl (C=O) groups excluding carboxylic acids is 1. The molecule has 1 heteroatoms. The van der Waals surface area contributed by atoms with E-state index in [4.69, 9.17) is 0 Å². The van der Waals surface area contributed by atoms with Crippen molar-refractivity contribution in [2.24, 2.45) is 0 Å². The van der Waals surface area contributed by atoms with Crippen LogP contribution in [0.1, 0.15) is 54.1 Å². The van der Waals surface area contributed by atoms with Crippen molar-refractivity contribution in [3.05, 3.63) is 34.9 Å². The molecule has 0 N–H and O–H groups in total. The van der Waals surface area contributed by atoms with Gasteiger partial charge in [-0.3, -0.25) is 4.79 Å². The van der Waals surface area contributed by atoms with Crippen LogP contribution in [-0.4, -0.2) is 5.78 Å². The highest BCUT2D eigenvalue weighted by Crippen LogP contribution is 2.25. The highest BCUT2D eigenvalue weighted by atomic mass is 16.1. The first-order valence-electron chi connectivity index (χ1n) is 5.34. The second-order valence-electron chi connectivity index (χ2n) is 4.35. The summed E-state index contributed by atoms with van der Waals surface area (Å²) in [6.07, 6.45) is 2.82. The molecule has 0 bridgehead atoms. The lowest BCUT2D eigenvalue weighted by atomic mass is 9.87. The molecule has 0 unspecified atom stereocenters. The van der Waals surface area contributed by atoms with Crippen LogP contribution in [-0.2, 0) is 6.42 Å². The van der Waals surface area contributed by atoms with E-state index in [2.05, 4.69) is 26.0 Å². The predicted molar refractivity (Wildman–Crippen MR) is 57.8 cm³/mol. The standard InChI is InChI=1S/C13H16O/c1-9(2)10-6-7-12-11(8-10)4-3-5-13(12)14/h6-9H,3-5H2,1-2H3. The molecular weight excluding hydrogens is 172 g/mol. The Hall–Kier alpha value is -1.11. The van der Waals surface area contributed by atoms with Crippen LogP contribution in [0.5, 0.6) is 0 Å². The average molecular weight is 188 g/mol. The maximum atomic E-state index is 11.6. The molecule has 1 aromatic carbocycles. The molecule has 0 aliphatic heterocycles. The fourth-order valence-corrected chi connectivity index (χ4v) is 2.03. The van der Waals surface area contributed by atoms with Crippen LogP contribution in [0.15, 0.2) is 18.2 Å². The van der Waals surface area contributed by atoms with Crippen LogP contribution in [0.25, 0.3) is 0 Å². The molecule has 0 saturated heterocycles. The van der Waals surface area contributed by atoms with Gasteiger partial charge in [0.15, 0.2) is 5.78 Å². The zero-order valence-corrected chi connectivity index (χ0v) is 8.84. The Morgan fingerprint density at radius 1 is 1.21 bits per heavy atom. The van der Waals surface area contributed by atoms with Crippen molar-refractivity contribution in [3.8, 4) is 0 Å². The summed E-state index contributed by atoms with van der Waals surface area (Å²) in [6.45, 7) is 4.37. The fraction of sp³-hybridized carbons (Fsp3) is 0.462. The minimum atomic E-state index is 0.321. The third kappa shape index (κ3) is 1.59. The smallest absolute Gasteiger partial charge is 0.163 e. The SMILES string of the molecule is CC(C)c1ccc2c(c1)CCCC2=O. The van der Waals surface area contributed by atoms with Crippen molar-refractivity contribution >= 4 is 5.78 Å². The van der Waals surface area contributed by atoms with Gasteiger partial charge in [-0.2, -0.15) is 0 Å². The Kier molecular flexibility index (Phi) is 2.40. The van der Waals surface area contributed by atoms with E-state index in [0.29, 0.717) is 11.7 Å². The van der Waals surface area contributed by atoms with Gasteiger partial charge < -0.3 is 0 Å². The molecule has 1 nitrogen and oxygen atoms in total. The van der Waals surface area contributed by atoms with E-state index in [1.54, 1.807) is 0 Å². The van der Waals surface area contributed by atoms with Crippen LogP contribution in [0.2, 0.25) is 0 Å². The molecule has 0 fully saturated rings. The Morgan fingerprint density at radius 3 is 2.71 bits per heavy atom. The Bertz CT molecular complexity index is 363. The number of fused-ring (bicyclic) bond motifs is 1. The summed E-state index contributed by atoms with van der Waals surface area (Å²) < 4.78 is 0. The van der Waals surface area contributed by atoms with Gasteiger partial charge in [-0.05, 0) is 29.9 Å². The highest BCUT2D eigenvalue weighted by Gasteiger charge is 2.17. The maximum absolute atomic E-state index is 11.6. The lowest BCUT2D eigenvalue weighted by Crippen LogP contribution is -2.11. The minimum Gasteiger partial charge on any atom is -0.294 e. The van der Waals surface area contributed by atoms with E-state index in [1.807, 2.05) is 6.07 Å². The highest BCUT2D eigenvalue weighted by molar-refractivity contribution is 5.98. The van der Waals surface area contributed by atoms with Gasteiger partial charge in [0.2, 0.25) is 0 Å². The van der Waals surface area contributed by atoms with Crippen molar-refractivity contribution in [2.75, 3.05) is 0 Å². The molecule has 0 saturated carbocycles. The quantitative estimate of drug-likeness (QED) is 0.660. The summed E-state index contributed by atoms with van der Waals surface area (Å²) in [5.74, 6) is 0.874. The second kappa shape index (κ2) is 3.56. The number of carbonyl (C=O) groups is 1. The average Bonchev–Trinajstić information content (AvgIpc) is 2.17. The van der Waals surface area contributed by atoms with Gasteiger partial charge in [0, 0.05) is 12.0 Å². The number of aryl methyl sites for hydroxylation is 1. The van der Waals surface area contributed by atoms with Crippen molar-refractivity contribution in [1.82, 2.24) is 0 Å². The molecule has 0 aromatic heterocycles. The molecule has 74 valence electrons. The van der Waals surface area contributed by atoms with Gasteiger partial charge in [-0.1, -0.05) is 32.0 Å². The fourth-order valence-electron chi connectivity index (χ4n) is 2.03. The van der Waals surface area contributed by atoms with E-state index in [-0.39, 0.29) is 0 Å². The molecule has 1 aromatic rings. The van der Waals surface area contributed by atoms with Crippen molar-refractivity contribution in [3.63, 3.8) is 0 Å². The molecule has 0 heterocycles. The topological polar surface area (TPSA) is 17.1 Å². The second-order valence-corrected chi connectivity index (χ2v) is 4.35. The first kappa shape index (κ1) is 9.45. The molecular formula is C13H16O. The number of hydrogen-bond donors (Lipinski definition) is 0. The van der Waals surface area contributed by atoms with E-state index >= 15 is 0 Å². The normalized spacial score (nSPS) is 15.8. The van der Waals surface area contributed by atoms with Crippen LogP contribution >= 0.6 is 0 Å². The van der Waals surface area contributed by atoms with Crippen LogP contribution in [0, 0.1) is 0 Å². The lowest BCUT2D eigenvalue weighted by Gasteiger charge is -2.16. The minimum absolute atomic E-state index is 0.321. The number of rotatable bonds is 1. The third-order valence-corrected chi connectivity index (χ3v) is 2.95. The van der Waals surface area contributed by atoms with Crippen LogP contribution in [0.3, 0.4) is 0 Å². The number of hydrogen-bond acceptors (Lipinski definition) is 1. The molecule has 0 amide bonds. The van der Waals surface area contributed by atoms with E-state index in [1.165, 1.54) is 11.1 Å². The first-order chi connectivity index (χ1) is 6.68. The lowest BCUT2D eigenvalue weighted by molar-refractivity contribution is 0.0972. The molecule has 1 aliphatic rings. The zero-order valence-electron chi connectivity index (χ0n) is 8.84. The third-order valence-electron chi connectivity index (χ3n) is 2.95. The first-order valence-corrected chi connectivity index (χ1v) is 5.34. The Balaban J connectivity index is 2.44. The molecule has 1 aliphatic carbocycles. The monoisotopic (exact) mass is 188 g/mol. The van der Waals surface area contributed by atoms with Gasteiger partial charge in [0.05, 0.1) is 0 Å². The van der Waals surface area contributed by atoms with Crippen LogP contribution < -0.4 is 0 Å². The summed E-state index contributed by atoms with van der Waals surface area (Å²) in [5.41, 5.74) is 3.56. The van der Waals surface area contributed by atoms with Crippen molar-refractivity contribution < 1.29 is 4.79 Å². The predicted octanol–water partition coefficient (Wildman–Crippen LogP) is 3.33. The summed E-state index contributed by atoms with van der Waals surface area (Å²) >= 11 is 0. The maximum Gasteiger partial charge on any atom is 0.163 e. The summed E-state index contributed by atoms with van der Waals surface area (Å²) in [5, 5.41) is 0. The van der Waals surface area contributed by atoms with Crippen molar-refractivity contribution in [1.29, 1.82) is 0 Å². The van der Waals surface area contributed by atoms with Crippen LogP contribution in [0.4, 0.5) is 0 Å². The molecule has 0 atom stereocenters. The number of Topliss-reactive ketones (excluding diaryl/α,β-unsaturated/α-hetero) is 1. The van der Waals surface area contributed by atoms with E-state index in [0.717, 1.165) is 24.8 Å². The van der Waals surface area contributed by atoms with E-state index in [9.17, 15) is 4.79 Å². The Morgan fingerprint density at radius 2 is 2.00 bits per heavy atom. The zero-order chi connectivity index (χ0) is 10.1. The van der Waals surface area contributed by atoms with Crippen molar-refractivity contribution in [2.45, 2.75) is 39.0 Å². The largest absolute Gasteiger partial charge is 0.294 e. The van der Waals surface area contributed by atoms with Gasteiger partial charge in [-0.15, -0.1) is 0 Å². The Labute approximate surface area is 85.1 Å². The van der Waals surface area contributed by atoms with Gasteiger partial charge >= 0.3 is 0 Å². The van der Waals surface area contributed by atoms with Gasteiger partial charge in [-0.25, -0.2) is 0 Å². The molecule has 2 rings (SSSR count). The number of ketones is 1. The van der Waals surface area contributed by atoms with Gasteiger partial charge in [0.1, 0.15) is 0 Å². The van der Waals surface area contributed by atoms with E-state index < -0.39 is 0 Å². The number of benzene rings is 1. The molecule has 0 radical (unpaired) electrons.